The first-order chi connectivity index (χ1) is 9.37. The van der Waals surface area contributed by atoms with Crippen LogP contribution in [0.25, 0.3) is 0 Å². The van der Waals surface area contributed by atoms with Gasteiger partial charge in [-0.15, -0.1) is 0 Å². The van der Waals surface area contributed by atoms with Crippen LogP contribution in [0.5, 0.6) is 11.5 Å². The Kier molecular flexibility index (Phi) is 3.35. The molecule has 1 N–H and O–H groups in total. The van der Waals surface area contributed by atoms with E-state index in [1.165, 1.54) is 0 Å². The summed E-state index contributed by atoms with van der Waals surface area (Å²) in [5, 5.41) is 3.83. The molecule has 2 aliphatic heterocycles. The Morgan fingerprint density at radius 1 is 1.40 bits per heavy atom. The Morgan fingerprint density at radius 2 is 2.20 bits per heavy atom. The summed E-state index contributed by atoms with van der Waals surface area (Å²) in [7, 11) is -2.91. The Balaban J connectivity index is 1.72. The van der Waals surface area contributed by atoms with E-state index in [9.17, 15) is 8.42 Å². The van der Waals surface area contributed by atoms with Crippen molar-refractivity contribution < 1.29 is 17.9 Å². The Labute approximate surface area is 123 Å². The zero-order valence-corrected chi connectivity index (χ0v) is 12.7. The minimum Gasteiger partial charge on any atom is -0.454 e. The Hall–Kier alpha value is -0.980. The zero-order chi connectivity index (χ0) is 14.4. The summed E-state index contributed by atoms with van der Waals surface area (Å²) in [4.78, 5) is 0. The summed E-state index contributed by atoms with van der Waals surface area (Å²) in [6, 6.07) is 3.68. The second kappa shape index (κ2) is 4.79. The van der Waals surface area contributed by atoms with E-state index in [2.05, 4.69) is 5.32 Å². The molecule has 0 bridgehead atoms. The average Bonchev–Trinajstić information content (AvgIpc) is 2.92. The maximum atomic E-state index is 11.6. The molecular formula is C13H16ClNO4S. The SMILES string of the molecule is CC1(NCc2cc(Cl)c3c(c2)OCO3)CCS(=O)(=O)C1. The number of halogens is 1. The van der Waals surface area contributed by atoms with Crippen LogP contribution in [0.4, 0.5) is 0 Å². The minimum atomic E-state index is -2.91. The van der Waals surface area contributed by atoms with Crippen molar-refractivity contribution in [2.24, 2.45) is 0 Å². The van der Waals surface area contributed by atoms with Crippen molar-refractivity contribution >= 4 is 21.4 Å². The third kappa shape index (κ3) is 2.73. The van der Waals surface area contributed by atoms with Gasteiger partial charge in [0, 0.05) is 12.1 Å². The van der Waals surface area contributed by atoms with Crippen molar-refractivity contribution in [1.29, 1.82) is 0 Å². The Morgan fingerprint density at radius 3 is 2.90 bits per heavy atom. The lowest BCUT2D eigenvalue weighted by atomic mass is 10.0. The number of ether oxygens (including phenoxy) is 2. The molecule has 1 saturated heterocycles. The van der Waals surface area contributed by atoms with Crippen LogP contribution in [-0.2, 0) is 16.4 Å². The molecule has 0 saturated carbocycles. The smallest absolute Gasteiger partial charge is 0.231 e. The maximum Gasteiger partial charge on any atom is 0.231 e. The summed E-state index contributed by atoms with van der Waals surface area (Å²) < 4.78 is 33.7. The summed E-state index contributed by atoms with van der Waals surface area (Å²) >= 11 is 6.12. The number of nitrogens with one attached hydrogen (secondary N) is 1. The topological polar surface area (TPSA) is 64.6 Å². The van der Waals surface area contributed by atoms with Crippen molar-refractivity contribution in [3.63, 3.8) is 0 Å². The number of fused-ring (bicyclic) bond motifs is 1. The van der Waals surface area contributed by atoms with E-state index in [0.29, 0.717) is 29.5 Å². The normalized spacial score (nSPS) is 26.9. The van der Waals surface area contributed by atoms with Crippen molar-refractivity contribution in [3.05, 3.63) is 22.7 Å². The van der Waals surface area contributed by atoms with E-state index >= 15 is 0 Å². The standard InChI is InChI=1S/C13H16ClNO4S/c1-13(2-3-20(16,17)7-13)15-6-9-4-10(14)12-11(5-9)18-8-19-12/h4-5,15H,2-3,6-8H2,1H3. The molecule has 0 amide bonds. The fourth-order valence-electron chi connectivity index (χ4n) is 2.59. The maximum absolute atomic E-state index is 11.6. The molecule has 2 aliphatic rings. The molecule has 7 heteroatoms. The van der Waals surface area contributed by atoms with E-state index < -0.39 is 9.84 Å². The third-order valence-corrected chi connectivity index (χ3v) is 5.89. The van der Waals surface area contributed by atoms with Crippen molar-refractivity contribution in [2.45, 2.75) is 25.4 Å². The highest BCUT2D eigenvalue weighted by atomic mass is 35.5. The first-order valence-corrected chi connectivity index (χ1v) is 8.60. The van der Waals surface area contributed by atoms with Crippen molar-refractivity contribution in [1.82, 2.24) is 5.32 Å². The van der Waals surface area contributed by atoms with Gasteiger partial charge in [0.1, 0.15) is 0 Å². The van der Waals surface area contributed by atoms with Crippen LogP contribution in [-0.4, -0.2) is 32.3 Å². The lowest BCUT2D eigenvalue weighted by Gasteiger charge is -2.24. The van der Waals surface area contributed by atoms with Gasteiger partial charge in [0.05, 0.1) is 16.5 Å². The molecule has 1 atom stereocenters. The van der Waals surface area contributed by atoms with Gasteiger partial charge in [-0.3, -0.25) is 0 Å². The van der Waals surface area contributed by atoms with Gasteiger partial charge >= 0.3 is 0 Å². The quantitative estimate of drug-likeness (QED) is 0.920. The highest BCUT2D eigenvalue weighted by Crippen LogP contribution is 2.39. The average molecular weight is 318 g/mol. The molecule has 3 rings (SSSR count). The molecule has 1 fully saturated rings. The van der Waals surface area contributed by atoms with Crippen LogP contribution in [0, 0.1) is 0 Å². The van der Waals surface area contributed by atoms with Gasteiger partial charge in [0.2, 0.25) is 6.79 Å². The third-order valence-electron chi connectivity index (χ3n) is 3.71. The molecular weight excluding hydrogens is 302 g/mol. The number of benzene rings is 1. The number of sulfone groups is 1. The molecule has 0 aliphatic carbocycles. The largest absolute Gasteiger partial charge is 0.454 e. The molecule has 2 heterocycles. The molecule has 0 aromatic heterocycles. The molecule has 0 radical (unpaired) electrons. The van der Waals surface area contributed by atoms with E-state index in [-0.39, 0.29) is 23.8 Å². The van der Waals surface area contributed by atoms with Crippen LogP contribution in [0.1, 0.15) is 18.9 Å². The lowest BCUT2D eigenvalue weighted by Crippen LogP contribution is -2.42. The highest BCUT2D eigenvalue weighted by Gasteiger charge is 2.37. The molecule has 1 unspecified atom stereocenters. The van der Waals surface area contributed by atoms with Crippen LogP contribution in [0.2, 0.25) is 5.02 Å². The lowest BCUT2D eigenvalue weighted by molar-refractivity contribution is 0.174. The van der Waals surface area contributed by atoms with Gasteiger partial charge in [-0.1, -0.05) is 11.6 Å². The van der Waals surface area contributed by atoms with Crippen LogP contribution in [0.15, 0.2) is 12.1 Å². The van der Waals surface area contributed by atoms with Gasteiger partial charge < -0.3 is 14.8 Å². The number of hydrogen-bond acceptors (Lipinski definition) is 5. The monoisotopic (exact) mass is 317 g/mol. The fourth-order valence-corrected chi connectivity index (χ4v) is 5.00. The summed E-state index contributed by atoms with van der Waals surface area (Å²) in [5.74, 6) is 1.64. The predicted octanol–water partition coefficient (Wildman–Crippen LogP) is 1.74. The van der Waals surface area contributed by atoms with Crippen LogP contribution < -0.4 is 14.8 Å². The van der Waals surface area contributed by atoms with Gasteiger partial charge in [0.15, 0.2) is 21.3 Å². The number of rotatable bonds is 3. The summed E-state index contributed by atoms with van der Waals surface area (Å²) in [5.41, 5.74) is 0.576. The molecule has 20 heavy (non-hydrogen) atoms. The summed E-state index contributed by atoms with van der Waals surface area (Å²) in [6.07, 6.45) is 0.633. The first kappa shape index (κ1) is 14.0. The number of hydrogen-bond donors (Lipinski definition) is 1. The van der Waals surface area contributed by atoms with Gasteiger partial charge in [-0.05, 0) is 31.0 Å². The van der Waals surface area contributed by atoms with Crippen molar-refractivity contribution in [3.8, 4) is 11.5 Å². The molecule has 110 valence electrons. The second-order valence-corrected chi connectivity index (χ2v) is 8.16. The van der Waals surface area contributed by atoms with E-state index in [0.717, 1.165) is 5.56 Å². The Bertz CT molecular complexity index is 646. The molecule has 0 spiro atoms. The molecule has 1 aromatic rings. The zero-order valence-electron chi connectivity index (χ0n) is 11.1. The molecule has 1 aromatic carbocycles. The van der Waals surface area contributed by atoms with Gasteiger partial charge in [-0.25, -0.2) is 8.42 Å². The van der Waals surface area contributed by atoms with Crippen LogP contribution in [0.3, 0.4) is 0 Å². The summed E-state index contributed by atoms with van der Waals surface area (Å²) in [6.45, 7) is 2.66. The van der Waals surface area contributed by atoms with E-state index in [4.69, 9.17) is 21.1 Å². The van der Waals surface area contributed by atoms with E-state index in [1.54, 1.807) is 0 Å². The second-order valence-electron chi connectivity index (χ2n) is 5.57. The minimum absolute atomic E-state index is 0.179. The van der Waals surface area contributed by atoms with E-state index in [1.807, 2.05) is 19.1 Å². The fraction of sp³-hybridized carbons (Fsp3) is 0.538. The van der Waals surface area contributed by atoms with Gasteiger partial charge in [-0.2, -0.15) is 0 Å². The predicted molar refractivity (Wildman–Crippen MR) is 76.1 cm³/mol. The van der Waals surface area contributed by atoms with Crippen LogP contribution >= 0.6 is 11.6 Å². The first-order valence-electron chi connectivity index (χ1n) is 6.40. The van der Waals surface area contributed by atoms with Crippen molar-refractivity contribution in [2.75, 3.05) is 18.3 Å². The van der Waals surface area contributed by atoms with Gasteiger partial charge in [0.25, 0.3) is 0 Å². The molecule has 5 nitrogen and oxygen atoms in total. The highest BCUT2D eigenvalue weighted by molar-refractivity contribution is 7.91.